The fourth-order valence-electron chi connectivity index (χ4n) is 2.80. The van der Waals surface area contributed by atoms with Gasteiger partial charge in [-0.25, -0.2) is 0 Å². The Kier molecular flexibility index (Phi) is 4.08. The van der Waals surface area contributed by atoms with Crippen molar-refractivity contribution in [2.24, 2.45) is 0 Å². The van der Waals surface area contributed by atoms with Gasteiger partial charge in [0.15, 0.2) is 0 Å². The molecule has 1 N–H and O–H groups in total. The summed E-state index contributed by atoms with van der Waals surface area (Å²) >= 11 is 0. The van der Waals surface area contributed by atoms with Crippen molar-refractivity contribution >= 4 is 0 Å². The highest BCUT2D eigenvalue weighted by Gasteiger charge is 2.35. The number of aliphatic hydroxyl groups is 1. The van der Waals surface area contributed by atoms with E-state index in [9.17, 15) is 5.11 Å². The fraction of sp³-hybridized carbons (Fsp3) is 0.625. The molecule has 0 bridgehead atoms. The van der Waals surface area contributed by atoms with Gasteiger partial charge in [0.1, 0.15) is 0 Å². The van der Waals surface area contributed by atoms with Gasteiger partial charge in [0.05, 0.1) is 6.10 Å². The summed E-state index contributed by atoms with van der Waals surface area (Å²) in [5, 5.41) is 10.6. The third-order valence-corrected chi connectivity index (χ3v) is 4.41. The lowest BCUT2D eigenvalue weighted by Crippen LogP contribution is -2.52. The van der Waals surface area contributed by atoms with E-state index in [2.05, 4.69) is 49.9 Å². The van der Waals surface area contributed by atoms with Crippen LogP contribution in [0.3, 0.4) is 0 Å². The van der Waals surface area contributed by atoms with Gasteiger partial charge in [0, 0.05) is 12.0 Å². The lowest BCUT2D eigenvalue weighted by atomic mass is 9.89. The summed E-state index contributed by atoms with van der Waals surface area (Å²) in [7, 11) is 0. The molecule has 0 spiro atoms. The maximum absolute atomic E-state index is 10.6. The quantitative estimate of drug-likeness (QED) is 0.884. The fourth-order valence-corrected chi connectivity index (χ4v) is 2.80. The Labute approximate surface area is 111 Å². The number of likely N-dealkylation sites (tertiary alicyclic amines) is 1. The summed E-state index contributed by atoms with van der Waals surface area (Å²) in [5.74, 6) is 0. The van der Waals surface area contributed by atoms with Gasteiger partial charge in [-0.3, -0.25) is 4.90 Å². The van der Waals surface area contributed by atoms with Crippen molar-refractivity contribution in [2.45, 2.75) is 51.7 Å². The van der Waals surface area contributed by atoms with E-state index in [4.69, 9.17) is 0 Å². The summed E-state index contributed by atoms with van der Waals surface area (Å²) in [6.45, 7) is 8.70. The zero-order valence-corrected chi connectivity index (χ0v) is 11.8. The van der Waals surface area contributed by atoms with Crippen LogP contribution in [0.15, 0.2) is 24.3 Å². The second-order valence-corrected chi connectivity index (χ2v) is 5.99. The van der Waals surface area contributed by atoms with Crippen LogP contribution in [-0.4, -0.2) is 34.7 Å². The first-order valence-corrected chi connectivity index (χ1v) is 6.99. The SMILES string of the molecule is Cc1ccccc1CC(O)C(C)(C)N1CCCC1. The third kappa shape index (κ3) is 2.76. The smallest absolute Gasteiger partial charge is 0.0758 e. The highest BCUT2D eigenvalue weighted by Crippen LogP contribution is 2.26. The van der Waals surface area contributed by atoms with Crippen LogP contribution in [0.1, 0.15) is 37.8 Å². The zero-order valence-electron chi connectivity index (χ0n) is 11.8. The molecule has 1 atom stereocenters. The largest absolute Gasteiger partial charge is 0.391 e. The lowest BCUT2D eigenvalue weighted by Gasteiger charge is -2.39. The monoisotopic (exact) mass is 247 g/mol. The topological polar surface area (TPSA) is 23.5 Å². The summed E-state index contributed by atoms with van der Waals surface area (Å²) in [4.78, 5) is 2.43. The predicted octanol–water partition coefficient (Wildman–Crippen LogP) is 2.77. The van der Waals surface area contributed by atoms with Gasteiger partial charge in [-0.05, 0) is 57.8 Å². The van der Waals surface area contributed by atoms with E-state index in [1.54, 1.807) is 0 Å². The minimum Gasteiger partial charge on any atom is -0.391 e. The number of benzene rings is 1. The molecular weight excluding hydrogens is 222 g/mol. The molecule has 0 aromatic heterocycles. The summed E-state index contributed by atoms with van der Waals surface area (Å²) in [6, 6.07) is 8.35. The second-order valence-electron chi connectivity index (χ2n) is 5.99. The Bertz CT molecular complexity index is 394. The minimum atomic E-state index is -0.309. The molecule has 1 aromatic carbocycles. The number of rotatable bonds is 4. The highest BCUT2D eigenvalue weighted by atomic mass is 16.3. The van der Waals surface area contributed by atoms with Gasteiger partial charge in [0.25, 0.3) is 0 Å². The van der Waals surface area contributed by atoms with E-state index in [1.165, 1.54) is 24.0 Å². The van der Waals surface area contributed by atoms with Gasteiger partial charge in [-0.15, -0.1) is 0 Å². The van der Waals surface area contributed by atoms with Gasteiger partial charge >= 0.3 is 0 Å². The lowest BCUT2D eigenvalue weighted by molar-refractivity contribution is 0.00330. The molecule has 0 aliphatic carbocycles. The molecule has 2 heteroatoms. The second kappa shape index (κ2) is 5.41. The van der Waals surface area contributed by atoms with Crippen LogP contribution in [0.4, 0.5) is 0 Å². The van der Waals surface area contributed by atoms with Crippen LogP contribution >= 0.6 is 0 Å². The van der Waals surface area contributed by atoms with Gasteiger partial charge in [0.2, 0.25) is 0 Å². The Balaban J connectivity index is 2.07. The molecular formula is C16H25NO. The molecule has 1 aromatic rings. The van der Waals surface area contributed by atoms with E-state index in [-0.39, 0.29) is 11.6 Å². The van der Waals surface area contributed by atoms with Crippen molar-refractivity contribution in [1.82, 2.24) is 4.90 Å². The molecule has 1 unspecified atom stereocenters. The van der Waals surface area contributed by atoms with Crippen molar-refractivity contribution in [1.29, 1.82) is 0 Å². The van der Waals surface area contributed by atoms with E-state index < -0.39 is 0 Å². The maximum atomic E-state index is 10.6. The zero-order chi connectivity index (χ0) is 13.2. The molecule has 1 heterocycles. The average Bonchev–Trinajstić information content (AvgIpc) is 2.86. The molecule has 100 valence electrons. The summed E-state index contributed by atoms with van der Waals surface area (Å²) in [5.41, 5.74) is 2.41. The highest BCUT2D eigenvalue weighted by molar-refractivity contribution is 5.26. The van der Waals surface area contributed by atoms with E-state index in [1.807, 2.05) is 0 Å². The first kappa shape index (κ1) is 13.6. The van der Waals surface area contributed by atoms with Crippen molar-refractivity contribution in [3.05, 3.63) is 35.4 Å². The van der Waals surface area contributed by atoms with Crippen LogP contribution in [0, 0.1) is 6.92 Å². The summed E-state index contributed by atoms with van der Waals surface area (Å²) < 4.78 is 0. The molecule has 0 amide bonds. The van der Waals surface area contributed by atoms with Gasteiger partial charge in [-0.2, -0.15) is 0 Å². The average molecular weight is 247 g/mol. The number of hydrogen-bond donors (Lipinski definition) is 1. The standard InChI is InChI=1S/C16H25NO/c1-13-8-4-5-9-14(13)12-15(18)16(2,3)17-10-6-7-11-17/h4-5,8-9,15,18H,6-7,10-12H2,1-3H3. The molecule has 0 saturated carbocycles. The van der Waals surface area contributed by atoms with E-state index in [0.717, 1.165) is 19.5 Å². The van der Waals surface area contributed by atoms with Crippen LogP contribution in [-0.2, 0) is 6.42 Å². The minimum absolute atomic E-state index is 0.126. The van der Waals surface area contributed by atoms with Crippen molar-refractivity contribution < 1.29 is 5.11 Å². The normalized spacial score (nSPS) is 19.1. The Morgan fingerprint density at radius 3 is 2.44 bits per heavy atom. The Morgan fingerprint density at radius 2 is 1.83 bits per heavy atom. The molecule has 18 heavy (non-hydrogen) atoms. The maximum Gasteiger partial charge on any atom is 0.0758 e. The molecule has 1 fully saturated rings. The van der Waals surface area contributed by atoms with Crippen molar-refractivity contribution in [3.8, 4) is 0 Å². The van der Waals surface area contributed by atoms with E-state index in [0.29, 0.717) is 0 Å². The first-order valence-electron chi connectivity index (χ1n) is 6.99. The number of aliphatic hydroxyl groups excluding tert-OH is 1. The van der Waals surface area contributed by atoms with E-state index >= 15 is 0 Å². The van der Waals surface area contributed by atoms with Crippen molar-refractivity contribution in [3.63, 3.8) is 0 Å². The van der Waals surface area contributed by atoms with Gasteiger partial charge < -0.3 is 5.11 Å². The molecule has 1 aliphatic heterocycles. The van der Waals surface area contributed by atoms with Crippen LogP contribution in [0.2, 0.25) is 0 Å². The third-order valence-electron chi connectivity index (χ3n) is 4.41. The number of nitrogens with zero attached hydrogens (tertiary/aromatic N) is 1. The summed E-state index contributed by atoms with van der Waals surface area (Å²) in [6.07, 6.45) is 2.97. The van der Waals surface area contributed by atoms with Gasteiger partial charge in [-0.1, -0.05) is 24.3 Å². The first-order chi connectivity index (χ1) is 8.51. The Morgan fingerprint density at radius 1 is 1.22 bits per heavy atom. The number of hydrogen-bond acceptors (Lipinski definition) is 2. The van der Waals surface area contributed by atoms with Crippen LogP contribution in [0.25, 0.3) is 0 Å². The van der Waals surface area contributed by atoms with Crippen molar-refractivity contribution in [2.75, 3.05) is 13.1 Å². The Hall–Kier alpha value is -0.860. The predicted molar refractivity (Wildman–Crippen MR) is 75.8 cm³/mol. The molecule has 2 nitrogen and oxygen atoms in total. The molecule has 2 rings (SSSR count). The molecule has 0 radical (unpaired) electrons. The van der Waals surface area contributed by atoms with Crippen LogP contribution in [0.5, 0.6) is 0 Å². The number of aryl methyl sites for hydroxylation is 1. The molecule has 1 aliphatic rings. The molecule has 1 saturated heterocycles. The van der Waals surface area contributed by atoms with Crippen LogP contribution < -0.4 is 0 Å².